The predicted molar refractivity (Wildman–Crippen MR) is 64.8 cm³/mol. The maximum absolute atomic E-state index is 10.5. The Hall–Kier alpha value is -0.900. The minimum atomic E-state index is -0.903. The first-order chi connectivity index (χ1) is 7.24. The predicted octanol–water partition coefficient (Wildman–Crippen LogP) is 1.84. The number of halogens is 1. The SMILES string of the molecule is Cl.O=Cc1ccc([C@]2(O)CCCCN2)cc1. The zero-order valence-corrected chi connectivity index (χ0v) is 9.80. The highest BCUT2D eigenvalue weighted by Gasteiger charge is 2.30. The lowest BCUT2D eigenvalue weighted by Crippen LogP contribution is -2.45. The molecule has 0 spiro atoms. The van der Waals surface area contributed by atoms with Crippen LogP contribution in [-0.4, -0.2) is 17.9 Å². The summed E-state index contributed by atoms with van der Waals surface area (Å²) in [5, 5.41) is 13.4. The van der Waals surface area contributed by atoms with Gasteiger partial charge in [-0.3, -0.25) is 10.1 Å². The summed E-state index contributed by atoms with van der Waals surface area (Å²) >= 11 is 0. The molecule has 1 atom stereocenters. The van der Waals surface area contributed by atoms with Gasteiger partial charge in [0.1, 0.15) is 12.0 Å². The van der Waals surface area contributed by atoms with E-state index in [4.69, 9.17) is 0 Å². The topological polar surface area (TPSA) is 49.3 Å². The third kappa shape index (κ3) is 2.61. The summed E-state index contributed by atoms with van der Waals surface area (Å²) in [5.41, 5.74) is 0.575. The van der Waals surface area contributed by atoms with Gasteiger partial charge in [0.05, 0.1) is 0 Å². The molecule has 0 aliphatic carbocycles. The van der Waals surface area contributed by atoms with E-state index in [1.807, 2.05) is 12.1 Å². The van der Waals surface area contributed by atoms with Crippen molar-refractivity contribution in [3.05, 3.63) is 35.4 Å². The summed E-state index contributed by atoms with van der Waals surface area (Å²) in [6, 6.07) is 7.08. The van der Waals surface area contributed by atoms with Gasteiger partial charge < -0.3 is 5.11 Å². The molecule has 3 nitrogen and oxygen atoms in total. The number of hydrogen-bond donors (Lipinski definition) is 2. The fourth-order valence-electron chi connectivity index (χ4n) is 1.97. The molecule has 1 aliphatic rings. The third-order valence-electron chi connectivity index (χ3n) is 2.91. The van der Waals surface area contributed by atoms with E-state index in [9.17, 15) is 9.90 Å². The molecule has 2 rings (SSSR count). The van der Waals surface area contributed by atoms with Gasteiger partial charge in [-0.25, -0.2) is 0 Å². The molecular formula is C12H16ClNO2. The molecule has 0 saturated carbocycles. The van der Waals surface area contributed by atoms with Crippen LogP contribution in [0.15, 0.2) is 24.3 Å². The zero-order chi connectivity index (χ0) is 10.7. The smallest absolute Gasteiger partial charge is 0.150 e. The summed E-state index contributed by atoms with van der Waals surface area (Å²) < 4.78 is 0. The molecule has 1 aromatic carbocycles. The molecule has 2 N–H and O–H groups in total. The highest BCUT2D eigenvalue weighted by atomic mass is 35.5. The first-order valence-corrected chi connectivity index (χ1v) is 5.28. The van der Waals surface area contributed by atoms with Crippen LogP contribution in [0.3, 0.4) is 0 Å². The van der Waals surface area contributed by atoms with Gasteiger partial charge in [-0.05, 0) is 31.4 Å². The van der Waals surface area contributed by atoms with Crippen LogP contribution in [0.5, 0.6) is 0 Å². The van der Waals surface area contributed by atoms with Gasteiger partial charge in [0.15, 0.2) is 0 Å². The van der Waals surface area contributed by atoms with Crippen LogP contribution in [0.25, 0.3) is 0 Å². The number of rotatable bonds is 2. The summed E-state index contributed by atoms with van der Waals surface area (Å²) in [6.45, 7) is 0.839. The third-order valence-corrected chi connectivity index (χ3v) is 2.91. The van der Waals surface area contributed by atoms with Crippen molar-refractivity contribution in [3.63, 3.8) is 0 Å². The highest BCUT2D eigenvalue weighted by molar-refractivity contribution is 5.85. The lowest BCUT2D eigenvalue weighted by atomic mass is 9.93. The monoisotopic (exact) mass is 241 g/mol. The Kier molecular flexibility index (Phi) is 4.47. The number of nitrogens with one attached hydrogen (secondary N) is 1. The molecule has 1 aromatic rings. The molecule has 88 valence electrons. The molecule has 1 heterocycles. The first-order valence-electron chi connectivity index (χ1n) is 5.28. The van der Waals surface area contributed by atoms with Crippen LogP contribution in [0.4, 0.5) is 0 Å². The second-order valence-electron chi connectivity index (χ2n) is 3.98. The summed E-state index contributed by atoms with van der Waals surface area (Å²) in [4.78, 5) is 10.5. The van der Waals surface area contributed by atoms with Crippen molar-refractivity contribution in [2.24, 2.45) is 0 Å². The first kappa shape index (κ1) is 13.2. The van der Waals surface area contributed by atoms with Crippen molar-refractivity contribution in [3.8, 4) is 0 Å². The molecule has 0 bridgehead atoms. The molecule has 0 unspecified atom stereocenters. The number of carbonyl (C=O) groups excluding carboxylic acids is 1. The maximum Gasteiger partial charge on any atom is 0.150 e. The second kappa shape index (κ2) is 5.43. The van der Waals surface area contributed by atoms with Gasteiger partial charge in [0, 0.05) is 5.56 Å². The number of piperidine rings is 1. The largest absolute Gasteiger partial charge is 0.372 e. The van der Waals surface area contributed by atoms with E-state index in [2.05, 4.69) is 5.32 Å². The van der Waals surface area contributed by atoms with Crippen molar-refractivity contribution >= 4 is 18.7 Å². The van der Waals surface area contributed by atoms with Gasteiger partial charge >= 0.3 is 0 Å². The quantitative estimate of drug-likeness (QED) is 0.777. The molecule has 1 fully saturated rings. The Morgan fingerprint density at radius 2 is 1.94 bits per heavy atom. The van der Waals surface area contributed by atoms with Crippen LogP contribution < -0.4 is 5.32 Å². The lowest BCUT2D eigenvalue weighted by Gasteiger charge is -2.33. The molecule has 4 heteroatoms. The van der Waals surface area contributed by atoms with Gasteiger partial charge in [-0.15, -0.1) is 12.4 Å². The standard InChI is InChI=1S/C12H15NO2.ClH/c14-9-10-3-5-11(6-4-10)12(15)7-1-2-8-13-12;/h3-6,9,13,15H,1-2,7-8H2;1H/t12-;/m1./s1. The number of carbonyl (C=O) groups is 1. The fraction of sp³-hybridized carbons (Fsp3) is 0.417. The van der Waals surface area contributed by atoms with Crippen LogP contribution in [-0.2, 0) is 5.72 Å². The van der Waals surface area contributed by atoms with Crippen LogP contribution >= 0.6 is 12.4 Å². The van der Waals surface area contributed by atoms with E-state index in [0.29, 0.717) is 5.56 Å². The van der Waals surface area contributed by atoms with Gasteiger partial charge in [0.25, 0.3) is 0 Å². The fourth-order valence-corrected chi connectivity index (χ4v) is 1.97. The van der Waals surface area contributed by atoms with Crippen LogP contribution in [0.1, 0.15) is 35.2 Å². The Balaban J connectivity index is 0.00000128. The van der Waals surface area contributed by atoms with Gasteiger partial charge in [-0.2, -0.15) is 0 Å². The number of benzene rings is 1. The maximum atomic E-state index is 10.5. The summed E-state index contributed by atoms with van der Waals surface area (Å²) in [7, 11) is 0. The average Bonchev–Trinajstić information content (AvgIpc) is 2.30. The molecule has 0 aromatic heterocycles. The van der Waals surface area contributed by atoms with Crippen LogP contribution in [0.2, 0.25) is 0 Å². The molecule has 1 saturated heterocycles. The van der Waals surface area contributed by atoms with Crippen LogP contribution in [0, 0.1) is 0 Å². The van der Waals surface area contributed by atoms with Crippen molar-refractivity contribution < 1.29 is 9.90 Å². The molecule has 16 heavy (non-hydrogen) atoms. The Morgan fingerprint density at radius 1 is 1.25 bits per heavy atom. The number of aliphatic hydroxyl groups is 1. The van der Waals surface area contributed by atoms with Gasteiger partial charge in [-0.1, -0.05) is 24.3 Å². The van der Waals surface area contributed by atoms with E-state index in [-0.39, 0.29) is 12.4 Å². The van der Waals surface area contributed by atoms with E-state index in [1.165, 1.54) is 0 Å². The van der Waals surface area contributed by atoms with Gasteiger partial charge in [0.2, 0.25) is 0 Å². The van der Waals surface area contributed by atoms with E-state index in [0.717, 1.165) is 37.7 Å². The van der Waals surface area contributed by atoms with Crippen molar-refractivity contribution in [1.82, 2.24) is 5.32 Å². The lowest BCUT2D eigenvalue weighted by molar-refractivity contribution is -0.0240. The average molecular weight is 242 g/mol. The highest BCUT2D eigenvalue weighted by Crippen LogP contribution is 2.27. The summed E-state index contributed by atoms with van der Waals surface area (Å²) in [5.74, 6) is 0. The van der Waals surface area contributed by atoms with E-state index in [1.54, 1.807) is 12.1 Å². The Labute approximate surface area is 101 Å². The summed E-state index contributed by atoms with van der Waals surface area (Å²) in [6.07, 6.45) is 3.67. The normalized spacial score (nSPS) is 24.6. The molecule has 0 amide bonds. The molecular weight excluding hydrogens is 226 g/mol. The minimum absolute atomic E-state index is 0. The number of hydrogen-bond acceptors (Lipinski definition) is 3. The Bertz CT molecular complexity index is 345. The molecule has 0 radical (unpaired) electrons. The van der Waals surface area contributed by atoms with Crippen molar-refractivity contribution in [2.45, 2.75) is 25.0 Å². The van der Waals surface area contributed by atoms with E-state index < -0.39 is 5.72 Å². The molecule has 1 aliphatic heterocycles. The van der Waals surface area contributed by atoms with E-state index >= 15 is 0 Å². The van der Waals surface area contributed by atoms with Crippen molar-refractivity contribution in [2.75, 3.05) is 6.54 Å². The minimum Gasteiger partial charge on any atom is -0.372 e. The van der Waals surface area contributed by atoms with Crippen molar-refractivity contribution in [1.29, 1.82) is 0 Å². The number of aldehydes is 1. The Morgan fingerprint density at radius 3 is 2.44 bits per heavy atom. The second-order valence-corrected chi connectivity index (χ2v) is 3.98. The zero-order valence-electron chi connectivity index (χ0n) is 8.98.